The van der Waals surface area contributed by atoms with Gasteiger partial charge in [0, 0.05) is 40.2 Å². The summed E-state index contributed by atoms with van der Waals surface area (Å²) >= 11 is 6.00. The van der Waals surface area contributed by atoms with Gasteiger partial charge in [-0.1, -0.05) is 48.0 Å². The van der Waals surface area contributed by atoms with Crippen LogP contribution in [0.15, 0.2) is 72.8 Å². The van der Waals surface area contributed by atoms with Crippen LogP contribution in [0.5, 0.6) is 0 Å². The highest BCUT2D eigenvalue weighted by molar-refractivity contribution is 6.31. The normalized spacial score (nSPS) is 11.9. The second-order valence-corrected chi connectivity index (χ2v) is 9.72. The zero-order valence-electron chi connectivity index (χ0n) is 22.2. The fourth-order valence-electron chi connectivity index (χ4n) is 3.90. The van der Waals surface area contributed by atoms with Crippen LogP contribution in [0.2, 0.25) is 5.02 Å². The zero-order valence-corrected chi connectivity index (χ0v) is 23.0. The molecule has 3 rings (SSSR count). The number of halogens is 1. The molecule has 0 unspecified atom stereocenters. The van der Waals surface area contributed by atoms with Crippen molar-refractivity contribution in [1.82, 2.24) is 16.0 Å². The molecule has 0 bridgehead atoms. The fourth-order valence-corrected chi connectivity index (χ4v) is 4.09. The number of imide groups is 1. The highest BCUT2D eigenvalue weighted by Crippen LogP contribution is 2.13. The number of hydrogen-bond acceptors (Lipinski definition) is 7. The summed E-state index contributed by atoms with van der Waals surface area (Å²) in [6.45, 7) is 0. The second-order valence-electron chi connectivity index (χ2n) is 9.29. The van der Waals surface area contributed by atoms with E-state index in [0.29, 0.717) is 21.8 Å². The third kappa shape index (κ3) is 9.17. The van der Waals surface area contributed by atoms with Crippen LogP contribution in [0.4, 0.5) is 5.69 Å². The summed E-state index contributed by atoms with van der Waals surface area (Å²) in [5, 5.41) is 24.3. The monoisotopic (exact) mass is 592 g/mol. The molecule has 0 aliphatic rings. The van der Waals surface area contributed by atoms with Gasteiger partial charge in [0.15, 0.2) is 0 Å². The molecule has 218 valence electrons. The Balaban J connectivity index is 1.84. The van der Waals surface area contributed by atoms with Crippen LogP contribution < -0.4 is 27.4 Å². The van der Waals surface area contributed by atoms with Crippen molar-refractivity contribution in [2.45, 2.75) is 31.3 Å². The van der Waals surface area contributed by atoms with Gasteiger partial charge in [0.2, 0.25) is 11.8 Å². The lowest BCUT2D eigenvalue weighted by Gasteiger charge is -2.23. The van der Waals surface area contributed by atoms with Gasteiger partial charge in [-0.05, 0) is 48.4 Å². The van der Waals surface area contributed by atoms with Crippen LogP contribution in [0.25, 0.3) is 0 Å². The number of carboxylic acids is 1. The van der Waals surface area contributed by atoms with Crippen LogP contribution in [-0.2, 0) is 20.8 Å². The van der Waals surface area contributed by atoms with Gasteiger partial charge in [0.05, 0.1) is 0 Å². The molecule has 2 atom stereocenters. The summed E-state index contributed by atoms with van der Waals surface area (Å²) in [5.74, 6) is -4.53. The summed E-state index contributed by atoms with van der Waals surface area (Å²) in [6, 6.07) is 15.7. The first-order valence-corrected chi connectivity index (χ1v) is 13.0. The van der Waals surface area contributed by atoms with E-state index in [1.165, 1.54) is 30.3 Å². The Labute approximate surface area is 245 Å². The number of aliphatic carboxylic acids is 1. The van der Waals surface area contributed by atoms with Crippen LogP contribution in [-0.4, -0.2) is 52.6 Å². The van der Waals surface area contributed by atoms with E-state index in [0.717, 1.165) is 0 Å². The first kappa shape index (κ1) is 31.3. The number of nitrogens with two attached hydrogens (primary N) is 2. The summed E-state index contributed by atoms with van der Waals surface area (Å²) in [5.41, 5.74) is 12.8. The standard InChI is InChI=1S/C29H29ClN6O6/c30-20-5-1-3-18(14-20)26(39)35-23(13-16-7-9-17(10-8-16)25(32)33)29(42)34-22(11-12-24(37)38)28(41)36-27(40)19-4-2-6-21(31)15-19/h1-10,14-15,22-23H,11-13,31H2,(H3,32,33)(H,34,42)(H,35,39)(H,37,38)(H,36,40,41)/t22-,23-/m0/s1. The van der Waals surface area contributed by atoms with Crippen molar-refractivity contribution in [1.29, 1.82) is 5.41 Å². The molecule has 12 nitrogen and oxygen atoms in total. The molecule has 9 N–H and O–H groups in total. The molecule has 0 aliphatic carbocycles. The first-order valence-electron chi connectivity index (χ1n) is 12.7. The molecule has 0 aliphatic heterocycles. The molecule has 0 radical (unpaired) electrons. The third-order valence-corrected chi connectivity index (χ3v) is 6.31. The number of benzene rings is 3. The lowest BCUT2D eigenvalue weighted by Crippen LogP contribution is -2.55. The van der Waals surface area contributed by atoms with Gasteiger partial charge in [-0.15, -0.1) is 0 Å². The quantitative estimate of drug-likeness (QED) is 0.0932. The number of carbonyl (C=O) groups is 5. The van der Waals surface area contributed by atoms with Crippen molar-refractivity contribution in [3.05, 3.63) is 100 Å². The number of amidine groups is 1. The molecule has 0 fully saturated rings. The molecule has 4 amide bonds. The number of nitrogens with one attached hydrogen (secondary N) is 4. The van der Waals surface area contributed by atoms with E-state index < -0.39 is 48.1 Å². The van der Waals surface area contributed by atoms with Crippen molar-refractivity contribution in [3.8, 4) is 0 Å². The lowest BCUT2D eigenvalue weighted by atomic mass is 10.0. The minimum absolute atomic E-state index is 0.0359. The summed E-state index contributed by atoms with van der Waals surface area (Å²) in [7, 11) is 0. The molecule has 0 saturated carbocycles. The fraction of sp³-hybridized carbons (Fsp3) is 0.172. The van der Waals surface area contributed by atoms with E-state index in [-0.39, 0.29) is 29.8 Å². The van der Waals surface area contributed by atoms with Gasteiger partial charge in [-0.2, -0.15) is 0 Å². The van der Waals surface area contributed by atoms with Crippen LogP contribution in [0.1, 0.15) is 44.7 Å². The van der Waals surface area contributed by atoms with Crippen molar-refractivity contribution in [2.24, 2.45) is 5.73 Å². The van der Waals surface area contributed by atoms with Crippen molar-refractivity contribution < 1.29 is 29.1 Å². The smallest absolute Gasteiger partial charge is 0.303 e. The van der Waals surface area contributed by atoms with Crippen molar-refractivity contribution >= 4 is 52.7 Å². The van der Waals surface area contributed by atoms with Gasteiger partial charge >= 0.3 is 5.97 Å². The van der Waals surface area contributed by atoms with Gasteiger partial charge in [-0.3, -0.25) is 34.7 Å². The minimum Gasteiger partial charge on any atom is -0.481 e. The summed E-state index contributed by atoms with van der Waals surface area (Å²) < 4.78 is 0. The Morgan fingerprint density at radius 2 is 1.45 bits per heavy atom. The van der Waals surface area contributed by atoms with Gasteiger partial charge in [0.25, 0.3) is 11.8 Å². The molecule has 0 heterocycles. The SMILES string of the molecule is N=C(N)c1ccc(C[C@H](NC(=O)c2cccc(Cl)c2)C(=O)N[C@@H](CCC(=O)O)C(=O)NC(=O)c2cccc(N)c2)cc1. The molecular weight excluding hydrogens is 564 g/mol. The van der Waals surface area contributed by atoms with Gasteiger partial charge in [-0.25, -0.2) is 0 Å². The Morgan fingerprint density at radius 3 is 2.05 bits per heavy atom. The Morgan fingerprint density at radius 1 is 0.810 bits per heavy atom. The average Bonchev–Trinajstić information content (AvgIpc) is 2.94. The number of rotatable bonds is 12. The number of amides is 4. The number of hydrogen-bond donors (Lipinski definition) is 7. The Bertz CT molecular complexity index is 1510. The van der Waals surface area contributed by atoms with Gasteiger partial charge in [0.1, 0.15) is 17.9 Å². The van der Waals surface area contributed by atoms with E-state index >= 15 is 0 Å². The van der Waals surface area contributed by atoms with Crippen LogP contribution in [0, 0.1) is 5.41 Å². The maximum Gasteiger partial charge on any atom is 0.303 e. The third-order valence-electron chi connectivity index (χ3n) is 6.08. The van der Waals surface area contributed by atoms with Crippen molar-refractivity contribution in [3.63, 3.8) is 0 Å². The molecule has 3 aromatic rings. The minimum atomic E-state index is -1.43. The predicted octanol–water partition coefficient (Wildman–Crippen LogP) is 1.85. The van der Waals surface area contributed by atoms with E-state index in [2.05, 4.69) is 16.0 Å². The lowest BCUT2D eigenvalue weighted by molar-refractivity contribution is -0.138. The molecule has 0 spiro atoms. The molecule has 3 aromatic carbocycles. The zero-order chi connectivity index (χ0) is 30.8. The predicted molar refractivity (Wildman–Crippen MR) is 156 cm³/mol. The van der Waals surface area contributed by atoms with Crippen molar-refractivity contribution in [2.75, 3.05) is 5.73 Å². The maximum absolute atomic E-state index is 13.5. The van der Waals surface area contributed by atoms with Gasteiger partial charge < -0.3 is 27.2 Å². The van der Waals surface area contributed by atoms with Crippen LogP contribution in [0.3, 0.4) is 0 Å². The first-order chi connectivity index (χ1) is 19.9. The number of carboxylic acid groups (broad SMARTS) is 1. The van der Waals surface area contributed by atoms with E-state index in [9.17, 15) is 29.1 Å². The summed E-state index contributed by atoms with van der Waals surface area (Å²) in [6.07, 6.45) is -0.859. The molecular formula is C29H29ClN6O6. The van der Waals surface area contributed by atoms with E-state index in [1.807, 2.05) is 0 Å². The molecule has 0 saturated heterocycles. The number of anilines is 1. The second kappa shape index (κ2) is 14.4. The molecule has 42 heavy (non-hydrogen) atoms. The number of nitrogen functional groups attached to an aromatic ring is 2. The van der Waals surface area contributed by atoms with Crippen LogP contribution >= 0.6 is 11.6 Å². The molecule has 0 aromatic heterocycles. The topological polar surface area (TPSA) is 218 Å². The highest BCUT2D eigenvalue weighted by atomic mass is 35.5. The Kier molecular flexibility index (Phi) is 10.7. The largest absolute Gasteiger partial charge is 0.481 e. The Hall–Kier alpha value is -5.23. The van der Waals surface area contributed by atoms with E-state index in [1.54, 1.807) is 42.5 Å². The number of carbonyl (C=O) groups excluding carboxylic acids is 4. The van der Waals surface area contributed by atoms with E-state index in [4.69, 9.17) is 28.5 Å². The highest BCUT2D eigenvalue weighted by Gasteiger charge is 2.29. The average molecular weight is 593 g/mol. The summed E-state index contributed by atoms with van der Waals surface area (Å²) in [4.78, 5) is 63.4. The molecule has 13 heteroatoms. The maximum atomic E-state index is 13.5.